The van der Waals surface area contributed by atoms with E-state index in [1.807, 2.05) is 25.1 Å². The second-order valence-electron chi connectivity index (χ2n) is 4.92. The van der Waals surface area contributed by atoms with Crippen LogP contribution in [0.15, 0.2) is 36.4 Å². The highest BCUT2D eigenvalue weighted by Crippen LogP contribution is 2.27. The molecule has 2 N–H and O–H groups in total. The molecule has 19 heavy (non-hydrogen) atoms. The zero-order chi connectivity index (χ0) is 14.0. The van der Waals surface area contributed by atoms with Crippen molar-refractivity contribution in [3.8, 4) is 0 Å². The molecule has 0 spiro atoms. The number of benzene rings is 2. The van der Waals surface area contributed by atoms with Crippen molar-refractivity contribution in [2.45, 2.75) is 26.3 Å². The van der Waals surface area contributed by atoms with Crippen LogP contribution in [0, 0.1) is 19.7 Å². The second-order valence-corrected chi connectivity index (χ2v) is 5.33. The summed E-state index contributed by atoms with van der Waals surface area (Å²) in [6.45, 7) is 3.76. The Morgan fingerprint density at radius 1 is 1.21 bits per heavy atom. The minimum absolute atomic E-state index is 0.228. The Balaban J connectivity index is 2.25. The Bertz CT molecular complexity index is 595. The molecule has 100 valence electrons. The van der Waals surface area contributed by atoms with Crippen LogP contribution in [0.3, 0.4) is 0 Å². The van der Waals surface area contributed by atoms with Crippen molar-refractivity contribution in [1.29, 1.82) is 0 Å². The molecule has 3 heteroatoms. The lowest BCUT2D eigenvalue weighted by Gasteiger charge is -2.15. The van der Waals surface area contributed by atoms with Crippen molar-refractivity contribution >= 4 is 11.6 Å². The first-order valence-corrected chi connectivity index (χ1v) is 6.62. The molecule has 0 heterocycles. The Labute approximate surface area is 118 Å². The monoisotopic (exact) mass is 277 g/mol. The first-order valence-electron chi connectivity index (χ1n) is 6.24. The van der Waals surface area contributed by atoms with Gasteiger partial charge in [0.05, 0.1) is 0 Å². The maximum atomic E-state index is 13.4. The van der Waals surface area contributed by atoms with E-state index >= 15 is 0 Å². The SMILES string of the molecule is Cc1cccc(CC(N)c2cc(C)c(F)cc2Cl)c1. The first-order chi connectivity index (χ1) is 8.97. The summed E-state index contributed by atoms with van der Waals surface area (Å²) in [7, 11) is 0. The van der Waals surface area contributed by atoms with E-state index in [9.17, 15) is 4.39 Å². The van der Waals surface area contributed by atoms with Crippen molar-refractivity contribution in [3.63, 3.8) is 0 Å². The molecule has 0 radical (unpaired) electrons. The molecule has 2 aromatic carbocycles. The molecule has 0 saturated heterocycles. The standard InChI is InChI=1S/C16H17ClFN/c1-10-4-3-5-12(6-10)8-16(19)13-7-11(2)15(18)9-14(13)17/h3-7,9,16H,8,19H2,1-2H3. The van der Waals surface area contributed by atoms with Crippen LogP contribution in [0.2, 0.25) is 5.02 Å². The third-order valence-corrected chi connectivity index (χ3v) is 3.54. The van der Waals surface area contributed by atoms with E-state index in [1.54, 1.807) is 13.0 Å². The number of hydrogen-bond acceptors (Lipinski definition) is 1. The van der Waals surface area contributed by atoms with Crippen LogP contribution >= 0.6 is 11.6 Å². The van der Waals surface area contributed by atoms with E-state index < -0.39 is 0 Å². The summed E-state index contributed by atoms with van der Waals surface area (Å²) < 4.78 is 13.4. The number of halogens is 2. The largest absolute Gasteiger partial charge is 0.324 e. The summed E-state index contributed by atoms with van der Waals surface area (Å²) in [6.07, 6.45) is 0.687. The van der Waals surface area contributed by atoms with Gasteiger partial charge in [0, 0.05) is 11.1 Å². The van der Waals surface area contributed by atoms with Gasteiger partial charge in [-0.1, -0.05) is 47.5 Å². The molecule has 0 amide bonds. The molecular weight excluding hydrogens is 261 g/mol. The second kappa shape index (κ2) is 5.72. The topological polar surface area (TPSA) is 26.0 Å². The minimum atomic E-state index is -0.295. The molecule has 2 rings (SSSR count). The summed E-state index contributed by atoms with van der Waals surface area (Å²) in [5, 5.41) is 0.392. The number of nitrogens with two attached hydrogens (primary N) is 1. The average Bonchev–Trinajstić information content (AvgIpc) is 2.33. The summed E-state index contributed by atoms with van der Waals surface area (Å²) in [5.41, 5.74) is 9.91. The molecular formula is C16H17ClFN. The van der Waals surface area contributed by atoms with E-state index in [-0.39, 0.29) is 11.9 Å². The fourth-order valence-corrected chi connectivity index (χ4v) is 2.46. The summed E-state index contributed by atoms with van der Waals surface area (Å²) >= 11 is 6.07. The Morgan fingerprint density at radius 3 is 2.63 bits per heavy atom. The smallest absolute Gasteiger partial charge is 0.127 e. The summed E-state index contributed by atoms with van der Waals surface area (Å²) in [5.74, 6) is -0.295. The molecule has 2 aromatic rings. The van der Waals surface area contributed by atoms with Gasteiger partial charge < -0.3 is 5.73 Å². The van der Waals surface area contributed by atoms with Crippen LogP contribution in [-0.2, 0) is 6.42 Å². The van der Waals surface area contributed by atoms with Crippen LogP contribution in [-0.4, -0.2) is 0 Å². The van der Waals surface area contributed by atoms with Crippen LogP contribution in [0.5, 0.6) is 0 Å². The van der Waals surface area contributed by atoms with Gasteiger partial charge in [-0.25, -0.2) is 4.39 Å². The highest BCUT2D eigenvalue weighted by atomic mass is 35.5. The van der Waals surface area contributed by atoms with Crippen LogP contribution in [0.1, 0.15) is 28.3 Å². The fraction of sp³-hybridized carbons (Fsp3) is 0.250. The third kappa shape index (κ3) is 3.34. The van der Waals surface area contributed by atoms with Crippen LogP contribution in [0.25, 0.3) is 0 Å². The molecule has 0 aliphatic carbocycles. The lowest BCUT2D eigenvalue weighted by atomic mass is 9.97. The van der Waals surface area contributed by atoms with E-state index in [1.165, 1.54) is 11.6 Å². The number of rotatable bonds is 3. The highest BCUT2D eigenvalue weighted by Gasteiger charge is 2.13. The molecule has 0 saturated carbocycles. The van der Waals surface area contributed by atoms with Gasteiger partial charge >= 0.3 is 0 Å². The molecule has 0 fully saturated rings. The normalized spacial score (nSPS) is 12.5. The number of hydrogen-bond donors (Lipinski definition) is 1. The van der Waals surface area contributed by atoms with Crippen molar-refractivity contribution in [2.75, 3.05) is 0 Å². The van der Waals surface area contributed by atoms with Gasteiger partial charge in [0.25, 0.3) is 0 Å². The Hall–Kier alpha value is -1.38. The Morgan fingerprint density at radius 2 is 1.95 bits per heavy atom. The van der Waals surface area contributed by atoms with Crippen LogP contribution < -0.4 is 5.73 Å². The molecule has 0 bridgehead atoms. The fourth-order valence-electron chi connectivity index (χ4n) is 2.17. The maximum Gasteiger partial charge on any atom is 0.127 e. The summed E-state index contributed by atoms with van der Waals surface area (Å²) in [4.78, 5) is 0. The van der Waals surface area contributed by atoms with E-state index in [0.29, 0.717) is 17.0 Å². The number of aryl methyl sites for hydroxylation is 2. The average molecular weight is 278 g/mol. The van der Waals surface area contributed by atoms with Crippen molar-refractivity contribution in [2.24, 2.45) is 5.73 Å². The van der Waals surface area contributed by atoms with Gasteiger partial charge in [-0.2, -0.15) is 0 Å². The van der Waals surface area contributed by atoms with Crippen molar-refractivity contribution in [3.05, 3.63) is 69.5 Å². The third-order valence-electron chi connectivity index (χ3n) is 3.22. The van der Waals surface area contributed by atoms with Gasteiger partial charge in [-0.05, 0) is 43.0 Å². The predicted octanol–water partition coefficient (Wildman–Crippen LogP) is 4.34. The quantitative estimate of drug-likeness (QED) is 0.887. The van der Waals surface area contributed by atoms with Gasteiger partial charge in [0.1, 0.15) is 5.82 Å². The molecule has 0 aliphatic heterocycles. The van der Waals surface area contributed by atoms with Crippen molar-refractivity contribution in [1.82, 2.24) is 0 Å². The lowest BCUT2D eigenvalue weighted by molar-refractivity contribution is 0.615. The minimum Gasteiger partial charge on any atom is -0.324 e. The maximum absolute atomic E-state index is 13.4. The molecule has 0 aliphatic rings. The zero-order valence-corrected chi connectivity index (χ0v) is 11.8. The van der Waals surface area contributed by atoms with Gasteiger partial charge in [-0.15, -0.1) is 0 Å². The molecule has 1 nitrogen and oxygen atoms in total. The first kappa shape index (κ1) is 14.0. The van der Waals surface area contributed by atoms with Crippen molar-refractivity contribution < 1.29 is 4.39 Å². The molecule has 0 aromatic heterocycles. The van der Waals surface area contributed by atoms with E-state index in [2.05, 4.69) is 6.07 Å². The van der Waals surface area contributed by atoms with E-state index in [4.69, 9.17) is 17.3 Å². The zero-order valence-electron chi connectivity index (χ0n) is 11.1. The van der Waals surface area contributed by atoms with Crippen LogP contribution in [0.4, 0.5) is 4.39 Å². The van der Waals surface area contributed by atoms with E-state index in [0.717, 1.165) is 11.1 Å². The van der Waals surface area contributed by atoms with Gasteiger partial charge in [0.15, 0.2) is 0 Å². The highest BCUT2D eigenvalue weighted by molar-refractivity contribution is 6.31. The lowest BCUT2D eigenvalue weighted by Crippen LogP contribution is -2.14. The summed E-state index contributed by atoms with van der Waals surface area (Å²) in [6, 6.07) is 11.0. The Kier molecular flexibility index (Phi) is 4.23. The van der Waals surface area contributed by atoms with Gasteiger partial charge in [-0.3, -0.25) is 0 Å². The molecule has 1 atom stereocenters. The predicted molar refractivity (Wildman–Crippen MR) is 78.0 cm³/mol. The molecule has 1 unspecified atom stereocenters. The van der Waals surface area contributed by atoms with Gasteiger partial charge in [0.2, 0.25) is 0 Å².